The number of para-hydroxylation sites is 1. The first-order valence-corrected chi connectivity index (χ1v) is 13.6. The molecular formula is C27H20I2N2O5S. The van der Waals surface area contributed by atoms with Crippen LogP contribution in [-0.4, -0.2) is 34.6 Å². The summed E-state index contributed by atoms with van der Waals surface area (Å²) in [6.45, 7) is 3.45. The number of carboxylic acid groups (broad SMARTS) is 1. The van der Waals surface area contributed by atoms with Gasteiger partial charge in [-0.05, 0) is 130 Å². The summed E-state index contributed by atoms with van der Waals surface area (Å²) in [6, 6.07) is 18.0. The normalized spacial score (nSPS) is 14.9. The number of aliphatic carboxylic acids is 1. The molecule has 37 heavy (non-hydrogen) atoms. The van der Waals surface area contributed by atoms with Crippen LogP contribution in [0.3, 0.4) is 0 Å². The molecular weight excluding hydrogens is 718 g/mol. The van der Waals surface area contributed by atoms with Crippen LogP contribution in [0.1, 0.15) is 16.7 Å². The highest BCUT2D eigenvalue weighted by Gasteiger charge is 2.41. The molecule has 0 atom stereocenters. The number of aryl methyl sites for hydroxylation is 2. The monoisotopic (exact) mass is 738 g/mol. The molecule has 3 aromatic carbocycles. The topological polar surface area (TPSA) is 87.1 Å². The van der Waals surface area contributed by atoms with E-state index >= 15 is 0 Å². The van der Waals surface area contributed by atoms with Gasteiger partial charge in [-0.15, -0.1) is 0 Å². The number of rotatable bonds is 6. The molecule has 0 unspecified atom stereocenters. The molecule has 1 N–H and O–H groups in total. The van der Waals surface area contributed by atoms with Crippen molar-refractivity contribution < 1.29 is 24.2 Å². The summed E-state index contributed by atoms with van der Waals surface area (Å²) in [5.74, 6) is -1.71. The van der Waals surface area contributed by atoms with Gasteiger partial charge in [-0.3, -0.25) is 19.4 Å². The molecule has 1 fully saturated rings. The Hall–Kier alpha value is -2.84. The molecule has 0 aromatic heterocycles. The SMILES string of the molecule is Cc1ccc(N2C(=O)/C(=C\c3cc(I)c(OCC(=O)O)c(I)c3)C(=O)N(c3ccccc3)C2=S)cc1C. The van der Waals surface area contributed by atoms with Gasteiger partial charge < -0.3 is 9.84 Å². The standard InChI is InChI=1S/C27H20I2N2O5S/c1-15-8-9-19(10-16(15)2)31-26(35)20(25(34)30(27(31)37)18-6-4-3-5-7-18)11-17-12-21(28)24(22(29)13-17)36-14-23(32)33/h3-13H,14H2,1-2H3,(H,32,33)/b20-11-. The Labute approximate surface area is 246 Å². The number of hydrogen-bond acceptors (Lipinski definition) is 5. The van der Waals surface area contributed by atoms with Crippen molar-refractivity contribution >= 4 is 97.7 Å². The lowest BCUT2D eigenvalue weighted by atomic mass is 10.0. The average molecular weight is 738 g/mol. The predicted octanol–water partition coefficient (Wildman–Crippen LogP) is 5.72. The van der Waals surface area contributed by atoms with Crippen molar-refractivity contribution in [2.24, 2.45) is 0 Å². The van der Waals surface area contributed by atoms with E-state index in [1.54, 1.807) is 36.4 Å². The summed E-state index contributed by atoms with van der Waals surface area (Å²) in [5, 5.41) is 9.02. The summed E-state index contributed by atoms with van der Waals surface area (Å²) in [5.41, 5.74) is 3.71. The van der Waals surface area contributed by atoms with E-state index in [1.807, 2.05) is 83.3 Å². The highest BCUT2D eigenvalue weighted by atomic mass is 127. The van der Waals surface area contributed by atoms with Crippen molar-refractivity contribution in [3.8, 4) is 5.75 Å². The molecule has 0 aliphatic carbocycles. The molecule has 188 valence electrons. The lowest BCUT2D eigenvalue weighted by Crippen LogP contribution is -2.57. The van der Waals surface area contributed by atoms with E-state index < -0.39 is 24.4 Å². The van der Waals surface area contributed by atoms with E-state index in [9.17, 15) is 14.4 Å². The van der Waals surface area contributed by atoms with Crippen LogP contribution in [-0.2, 0) is 14.4 Å². The maximum absolute atomic E-state index is 13.8. The van der Waals surface area contributed by atoms with Gasteiger partial charge in [0.25, 0.3) is 11.8 Å². The number of carbonyl (C=O) groups is 3. The van der Waals surface area contributed by atoms with Crippen LogP contribution >= 0.6 is 57.4 Å². The van der Waals surface area contributed by atoms with Crippen LogP contribution in [0.4, 0.5) is 11.4 Å². The summed E-state index contributed by atoms with van der Waals surface area (Å²) < 4.78 is 6.69. The van der Waals surface area contributed by atoms with Crippen molar-refractivity contribution in [2.45, 2.75) is 13.8 Å². The second-order valence-electron chi connectivity index (χ2n) is 8.22. The summed E-state index contributed by atoms with van der Waals surface area (Å²) >= 11 is 9.76. The Morgan fingerprint density at radius 2 is 1.51 bits per heavy atom. The second kappa shape index (κ2) is 11.3. The molecule has 0 spiro atoms. The van der Waals surface area contributed by atoms with Crippen molar-refractivity contribution in [3.05, 3.63) is 90.1 Å². The van der Waals surface area contributed by atoms with Gasteiger partial charge in [-0.2, -0.15) is 0 Å². The van der Waals surface area contributed by atoms with Gasteiger partial charge in [-0.25, -0.2) is 4.79 Å². The third kappa shape index (κ3) is 5.70. The Bertz CT molecular complexity index is 1450. The summed E-state index contributed by atoms with van der Waals surface area (Å²) in [6.07, 6.45) is 1.53. The third-order valence-electron chi connectivity index (χ3n) is 5.68. The number of thiocarbonyl (C=S) groups is 1. The highest BCUT2D eigenvalue weighted by molar-refractivity contribution is 14.1. The number of carboxylic acids is 1. The first-order chi connectivity index (χ1) is 17.6. The predicted molar refractivity (Wildman–Crippen MR) is 163 cm³/mol. The number of hydrogen-bond donors (Lipinski definition) is 1. The smallest absolute Gasteiger partial charge is 0.341 e. The quantitative estimate of drug-likeness (QED) is 0.151. The molecule has 10 heteroatoms. The van der Waals surface area contributed by atoms with Gasteiger partial charge in [0, 0.05) is 0 Å². The van der Waals surface area contributed by atoms with Crippen molar-refractivity contribution in [1.29, 1.82) is 0 Å². The van der Waals surface area contributed by atoms with E-state index in [4.69, 9.17) is 22.1 Å². The van der Waals surface area contributed by atoms with Crippen LogP contribution in [0.25, 0.3) is 6.08 Å². The second-order valence-corrected chi connectivity index (χ2v) is 10.9. The number of amides is 2. The lowest BCUT2D eigenvalue weighted by Gasteiger charge is -2.36. The minimum absolute atomic E-state index is 0.0542. The maximum Gasteiger partial charge on any atom is 0.341 e. The number of halogens is 2. The molecule has 2 amide bonds. The van der Waals surface area contributed by atoms with Crippen LogP contribution in [0.5, 0.6) is 5.75 Å². The van der Waals surface area contributed by atoms with Gasteiger partial charge >= 0.3 is 5.97 Å². The van der Waals surface area contributed by atoms with E-state index in [0.717, 1.165) is 11.1 Å². The lowest BCUT2D eigenvalue weighted by molar-refractivity contribution is -0.139. The molecule has 1 saturated heterocycles. The van der Waals surface area contributed by atoms with Gasteiger partial charge in [0.1, 0.15) is 11.3 Å². The van der Waals surface area contributed by atoms with Crippen molar-refractivity contribution in [3.63, 3.8) is 0 Å². The minimum Gasteiger partial charge on any atom is -0.480 e. The number of benzene rings is 3. The maximum atomic E-state index is 13.8. The van der Waals surface area contributed by atoms with E-state index in [1.165, 1.54) is 15.9 Å². The molecule has 0 saturated carbocycles. The number of ether oxygens (including phenoxy) is 1. The van der Waals surface area contributed by atoms with Crippen molar-refractivity contribution in [1.82, 2.24) is 0 Å². The minimum atomic E-state index is -1.08. The summed E-state index contributed by atoms with van der Waals surface area (Å²) in [7, 11) is 0. The number of nitrogens with zero attached hydrogens (tertiary/aromatic N) is 2. The largest absolute Gasteiger partial charge is 0.480 e. The van der Waals surface area contributed by atoms with E-state index in [0.29, 0.717) is 29.8 Å². The van der Waals surface area contributed by atoms with Gasteiger partial charge in [0.15, 0.2) is 11.7 Å². The molecule has 0 bridgehead atoms. The van der Waals surface area contributed by atoms with Crippen LogP contribution in [0.15, 0.2) is 66.2 Å². The summed E-state index contributed by atoms with van der Waals surface area (Å²) in [4.78, 5) is 41.1. The highest BCUT2D eigenvalue weighted by Crippen LogP contribution is 2.33. The zero-order valence-corrected chi connectivity index (χ0v) is 24.8. The molecule has 1 aliphatic heterocycles. The Balaban J connectivity index is 1.83. The fourth-order valence-corrected chi connectivity index (χ4v) is 6.23. The Morgan fingerprint density at radius 1 is 0.919 bits per heavy atom. The van der Waals surface area contributed by atoms with Crippen LogP contribution in [0.2, 0.25) is 0 Å². The Kier molecular flexibility index (Phi) is 8.29. The zero-order valence-electron chi connectivity index (χ0n) is 19.7. The van der Waals surface area contributed by atoms with Gasteiger partial charge in [-0.1, -0.05) is 24.3 Å². The third-order valence-corrected chi connectivity index (χ3v) is 7.65. The van der Waals surface area contributed by atoms with Crippen LogP contribution in [0, 0.1) is 21.0 Å². The number of anilines is 2. The van der Waals surface area contributed by atoms with E-state index in [2.05, 4.69) is 0 Å². The first kappa shape index (κ1) is 27.2. The van der Waals surface area contributed by atoms with Gasteiger partial charge in [0.05, 0.1) is 18.5 Å². The fourth-order valence-electron chi connectivity index (χ4n) is 3.73. The van der Waals surface area contributed by atoms with Gasteiger partial charge in [0.2, 0.25) is 0 Å². The molecule has 3 aromatic rings. The number of carbonyl (C=O) groups excluding carboxylic acids is 2. The van der Waals surface area contributed by atoms with Crippen molar-refractivity contribution in [2.75, 3.05) is 16.4 Å². The molecule has 1 heterocycles. The first-order valence-electron chi connectivity index (χ1n) is 11.0. The molecule has 4 rings (SSSR count). The van der Waals surface area contributed by atoms with E-state index in [-0.39, 0.29) is 10.7 Å². The zero-order chi connectivity index (χ0) is 26.9. The molecule has 7 nitrogen and oxygen atoms in total. The molecule has 0 radical (unpaired) electrons. The average Bonchev–Trinajstić information content (AvgIpc) is 2.84. The fraction of sp³-hybridized carbons (Fsp3) is 0.111. The molecule has 1 aliphatic rings. The van der Waals surface area contributed by atoms with Crippen LogP contribution < -0.4 is 14.5 Å². The Morgan fingerprint density at radius 3 is 2.08 bits per heavy atom.